The largest absolute Gasteiger partial charge is 0.494 e. The lowest BCUT2D eigenvalue weighted by molar-refractivity contribution is 0.339. The Bertz CT molecular complexity index is 561. The van der Waals surface area contributed by atoms with Gasteiger partial charge in [0.15, 0.2) is 0 Å². The highest BCUT2D eigenvalue weighted by Crippen LogP contribution is 2.28. The number of nitrogens with one attached hydrogen (secondary N) is 1. The Labute approximate surface area is 126 Å². The normalized spacial score (nSPS) is 10.2. The summed E-state index contributed by atoms with van der Waals surface area (Å²) < 4.78 is 11.8. The topological polar surface area (TPSA) is 56.3 Å². The van der Waals surface area contributed by atoms with Crippen molar-refractivity contribution in [2.45, 2.75) is 13.8 Å². The monoisotopic (exact) mass is 337 g/mol. The van der Waals surface area contributed by atoms with E-state index in [9.17, 15) is 0 Å². The summed E-state index contributed by atoms with van der Waals surface area (Å²) in [6.45, 7) is 5.33. The SMILES string of the molecule is CCNc1ncc(Br)c(Oc2ccc(OCC)cc2)n1. The van der Waals surface area contributed by atoms with Crippen LogP contribution in [0.3, 0.4) is 0 Å². The summed E-state index contributed by atoms with van der Waals surface area (Å²) in [6.07, 6.45) is 1.66. The van der Waals surface area contributed by atoms with Gasteiger partial charge in [0.2, 0.25) is 11.8 Å². The second-order valence-corrected chi connectivity index (χ2v) is 4.74. The van der Waals surface area contributed by atoms with Crippen LogP contribution >= 0.6 is 15.9 Å². The van der Waals surface area contributed by atoms with E-state index in [1.54, 1.807) is 6.20 Å². The van der Waals surface area contributed by atoms with E-state index >= 15 is 0 Å². The number of anilines is 1. The third kappa shape index (κ3) is 3.84. The van der Waals surface area contributed by atoms with Gasteiger partial charge in [0, 0.05) is 6.54 Å². The summed E-state index contributed by atoms with van der Waals surface area (Å²) in [7, 11) is 0. The van der Waals surface area contributed by atoms with Crippen LogP contribution in [0.25, 0.3) is 0 Å². The summed E-state index contributed by atoms with van der Waals surface area (Å²) in [4.78, 5) is 8.43. The van der Waals surface area contributed by atoms with Crippen molar-refractivity contribution < 1.29 is 9.47 Å². The Kier molecular flexibility index (Phi) is 5.17. The van der Waals surface area contributed by atoms with Crippen LogP contribution in [0.2, 0.25) is 0 Å². The lowest BCUT2D eigenvalue weighted by atomic mass is 10.3. The first-order valence-electron chi connectivity index (χ1n) is 6.40. The minimum atomic E-state index is 0.472. The molecule has 0 aliphatic heterocycles. The van der Waals surface area contributed by atoms with Gasteiger partial charge in [0.1, 0.15) is 11.5 Å². The Balaban J connectivity index is 2.14. The van der Waals surface area contributed by atoms with Crippen LogP contribution < -0.4 is 14.8 Å². The molecular formula is C14H16BrN3O2. The molecule has 2 aromatic rings. The van der Waals surface area contributed by atoms with E-state index in [2.05, 4.69) is 31.2 Å². The molecule has 1 aromatic carbocycles. The van der Waals surface area contributed by atoms with E-state index in [4.69, 9.17) is 9.47 Å². The number of ether oxygens (including phenoxy) is 2. The van der Waals surface area contributed by atoms with E-state index in [-0.39, 0.29) is 0 Å². The molecule has 2 rings (SSSR count). The molecule has 5 nitrogen and oxygen atoms in total. The van der Waals surface area contributed by atoms with Gasteiger partial charge in [0.25, 0.3) is 0 Å². The molecule has 106 valence electrons. The van der Waals surface area contributed by atoms with Crippen LogP contribution in [-0.2, 0) is 0 Å². The molecular weight excluding hydrogens is 322 g/mol. The number of hydrogen-bond acceptors (Lipinski definition) is 5. The average molecular weight is 338 g/mol. The van der Waals surface area contributed by atoms with Gasteiger partial charge in [-0.15, -0.1) is 0 Å². The number of rotatable bonds is 6. The quantitative estimate of drug-likeness (QED) is 0.867. The number of halogens is 1. The van der Waals surface area contributed by atoms with Gasteiger partial charge in [-0.25, -0.2) is 4.98 Å². The zero-order valence-electron chi connectivity index (χ0n) is 11.4. The Hall–Kier alpha value is -1.82. The third-order valence-electron chi connectivity index (χ3n) is 2.40. The van der Waals surface area contributed by atoms with Crippen molar-refractivity contribution in [1.29, 1.82) is 0 Å². The molecule has 0 radical (unpaired) electrons. The van der Waals surface area contributed by atoms with Crippen LogP contribution in [-0.4, -0.2) is 23.1 Å². The second kappa shape index (κ2) is 7.09. The van der Waals surface area contributed by atoms with Crippen LogP contribution in [0, 0.1) is 0 Å². The van der Waals surface area contributed by atoms with Gasteiger partial charge < -0.3 is 14.8 Å². The van der Waals surface area contributed by atoms with Crippen molar-refractivity contribution in [2.75, 3.05) is 18.5 Å². The molecule has 0 saturated heterocycles. The molecule has 1 heterocycles. The maximum absolute atomic E-state index is 5.74. The first-order chi connectivity index (χ1) is 9.72. The number of aromatic nitrogens is 2. The minimum Gasteiger partial charge on any atom is -0.494 e. The van der Waals surface area contributed by atoms with Crippen molar-refractivity contribution in [3.63, 3.8) is 0 Å². The van der Waals surface area contributed by atoms with E-state index in [1.165, 1.54) is 0 Å². The highest BCUT2D eigenvalue weighted by Gasteiger charge is 2.07. The maximum Gasteiger partial charge on any atom is 0.238 e. The van der Waals surface area contributed by atoms with Crippen molar-refractivity contribution >= 4 is 21.9 Å². The highest BCUT2D eigenvalue weighted by molar-refractivity contribution is 9.10. The zero-order chi connectivity index (χ0) is 14.4. The van der Waals surface area contributed by atoms with Gasteiger partial charge in [-0.05, 0) is 54.0 Å². The number of hydrogen-bond donors (Lipinski definition) is 1. The Morgan fingerprint density at radius 1 is 1.15 bits per heavy atom. The van der Waals surface area contributed by atoms with E-state index in [0.29, 0.717) is 28.7 Å². The summed E-state index contributed by atoms with van der Waals surface area (Å²) in [6, 6.07) is 7.40. The average Bonchev–Trinajstić information content (AvgIpc) is 2.45. The molecule has 0 bridgehead atoms. The fourth-order valence-corrected chi connectivity index (χ4v) is 1.82. The molecule has 0 unspecified atom stereocenters. The number of nitrogens with zero attached hydrogens (tertiary/aromatic N) is 2. The Morgan fingerprint density at radius 3 is 2.50 bits per heavy atom. The molecule has 1 N–H and O–H groups in total. The van der Waals surface area contributed by atoms with Gasteiger partial charge in [0.05, 0.1) is 17.3 Å². The molecule has 0 atom stereocenters. The van der Waals surface area contributed by atoms with Crippen molar-refractivity contribution in [3.8, 4) is 17.4 Å². The summed E-state index contributed by atoms with van der Waals surface area (Å²) in [5.74, 6) is 2.52. The lowest BCUT2D eigenvalue weighted by Gasteiger charge is -2.09. The van der Waals surface area contributed by atoms with E-state index in [1.807, 2.05) is 38.1 Å². The number of benzene rings is 1. The van der Waals surface area contributed by atoms with Gasteiger partial charge in [-0.1, -0.05) is 0 Å². The molecule has 1 aromatic heterocycles. The predicted octanol–water partition coefficient (Wildman–Crippen LogP) is 3.86. The molecule has 0 spiro atoms. The van der Waals surface area contributed by atoms with Gasteiger partial charge in [-0.3, -0.25) is 0 Å². The predicted molar refractivity (Wildman–Crippen MR) is 81.6 cm³/mol. The molecule has 0 saturated carbocycles. The molecule has 0 fully saturated rings. The first-order valence-corrected chi connectivity index (χ1v) is 7.19. The second-order valence-electron chi connectivity index (χ2n) is 3.88. The Morgan fingerprint density at radius 2 is 1.85 bits per heavy atom. The summed E-state index contributed by atoms with van der Waals surface area (Å²) in [5, 5.41) is 3.04. The lowest BCUT2D eigenvalue weighted by Crippen LogP contribution is -2.03. The van der Waals surface area contributed by atoms with Crippen LogP contribution in [0.1, 0.15) is 13.8 Å². The van der Waals surface area contributed by atoms with Gasteiger partial charge in [-0.2, -0.15) is 4.98 Å². The van der Waals surface area contributed by atoms with Crippen LogP contribution in [0.15, 0.2) is 34.9 Å². The van der Waals surface area contributed by atoms with Crippen molar-refractivity contribution in [2.24, 2.45) is 0 Å². The van der Waals surface area contributed by atoms with Crippen LogP contribution in [0.4, 0.5) is 5.95 Å². The zero-order valence-corrected chi connectivity index (χ0v) is 13.0. The molecule has 20 heavy (non-hydrogen) atoms. The smallest absolute Gasteiger partial charge is 0.238 e. The summed E-state index contributed by atoms with van der Waals surface area (Å²) in [5.41, 5.74) is 0. The third-order valence-corrected chi connectivity index (χ3v) is 2.94. The molecule has 0 aliphatic carbocycles. The highest BCUT2D eigenvalue weighted by atomic mass is 79.9. The van der Waals surface area contributed by atoms with E-state index in [0.717, 1.165) is 12.3 Å². The van der Waals surface area contributed by atoms with Crippen LogP contribution in [0.5, 0.6) is 17.4 Å². The fourth-order valence-electron chi connectivity index (χ4n) is 1.55. The van der Waals surface area contributed by atoms with Crippen molar-refractivity contribution in [1.82, 2.24) is 9.97 Å². The molecule has 0 aliphatic rings. The van der Waals surface area contributed by atoms with E-state index < -0.39 is 0 Å². The minimum absolute atomic E-state index is 0.472. The fraction of sp³-hybridized carbons (Fsp3) is 0.286. The molecule has 6 heteroatoms. The standard InChI is InChI=1S/C14H16BrN3O2/c1-3-16-14-17-9-12(15)13(18-14)20-11-7-5-10(6-8-11)19-4-2/h5-9H,3-4H2,1-2H3,(H,16,17,18). The molecule has 0 amide bonds. The maximum atomic E-state index is 5.74. The van der Waals surface area contributed by atoms with Crippen molar-refractivity contribution in [3.05, 3.63) is 34.9 Å². The first kappa shape index (κ1) is 14.6. The van der Waals surface area contributed by atoms with Gasteiger partial charge >= 0.3 is 0 Å². The summed E-state index contributed by atoms with van der Waals surface area (Å²) >= 11 is 3.38.